The molecule has 0 aliphatic heterocycles. The molecule has 0 fully saturated rings. The lowest BCUT2D eigenvalue weighted by Gasteiger charge is -2.15. The Bertz CT molecular complexity index is 512. The lowest BCUT2D eigenvalue weighted by atomic mass is 10.0. The highest BCUT2D eigenvalue weighted by Crippen LogP contribution is 2.21. The van der Waals surface area contributed by atoms with E-state index in [1.54, 1.807) is 19.1 Å². The highest BCUT2D eigenvalue weighted by Gasteiger charge is 2.15. The molecule has 2 amide bonds. The Morgan fingerprint density at radius 1 is 1.19 bits per heavy atom. The van der Waals surface area contributed by atoms with Gasteiger partial charge in [-0.2, -0.15) is 0 Å². The number of carbonyl (C=O) groups excluding carboxylic acids is 2. The molecule has 1 unspecified atom stereocenters. The van der Waals surface area contributed by atoms with E-state index < -0.39 is 6.10 Å². The quantitative estimate of drug-likeness (QED) is 0.754. The number of hydrogen-bond donors (Lipinski definition) is 3. The SMILES string of the molecule is CCC(=O)Nc1ccc(C)c(NC(=O)CC(O)C(C)C)c1. The molecule has 1 rings (SSSR count). The largest absolute Gasteiger partial charge is 0.392 e. The van der Waals surface area contributed by atoms with Gasteiger partial charge in [0.15, 0.2) is 0 Å². The van der Waals surface area contributed by atoms with Crippen molar-refractivity contribution in [2.24, 2.45) is 5.92 Å². The number of rotatable bonds is 6. The first-order valence-corrected chi connectivity index (χ1v) is 7.21. The van der Waals surface area contributed by atoms with Crippen molar-refractivity contribution in [2.45, 2.75) is 46.6 Å². The summed E-state index contributed by atoms with van der Waals surface area (Å²) >= 11 is 0. The second kappa shape index (κ2) is 7.78. The molecule has 0 heterocycles. The average molecular weight is 292 g/mol. The Hall–Kier alpha value is -1.88. The highest BCUT2D eigenvalue weighted by molar-refractivity contribution is 5.94. The fraction of sp³-hybridized carbons (Fsp3) is 0.500. The minimum Gasteiger partial charge on any atom is -0.392 e. The first kappa shape index (κ1) is 17.2. The summed E-state index contributed by atoms with van der Waals surface area (Å²) in [6.07, 6.45) is -0.202. The number of hydrogen-bond acceptors (Lipinski definition) is 3. The van der Waals surface area contributed by atoms with Crippen molar-refractivity contribution in [3.8, 4) is 0 Å². The lowest BCUT2D eigenvalue weighted by Crippen LogP contribution is -2.24. The summed E-state index contributed by atoms with van der Waals surface area (Å²) in [5, 5.41) is 15.3. The molecule has 0 aliphatic rings. The maximum Gasteiger partial charge on any atom is 0.226 e. The summed E-state index contributed by atoms with van der Waals surface area (Å²) in [5.41, 5.74) is 2.19. The van der Waals surface area contributed by atoms with Crippen LogP contribution in [0.3, 0.4) is 0 Å². The topological polar surface area (TPSA) is 78.4 Å². The fourth-order valence-electron chi connectivity index (χ4n) is 1.71. The van der Waals surface area contributed by atoms with Gasteiger partial charge in [0.2, 0.25) is 11.8 Å². The maximum atomic E-state index is 11.9. The summed E-state index contributed by atoms with van der Waals surface area (Å²) in [4.78, 5) is 23.3. The molecule has 0 aliphatic carbocycles. The van der Waals surface area contributed by atoms with Crippen LogP contribution in [-0.4, -0.2) is 23.0 Å². The fourth-order valence-corrected chi connectivity index (χ4v) is 1.71. The van der Waals surface area contributed by atoms with Gasteiger partial charge in [-0.25, -0.2) is 0 Å². The van der Waals surface area contributed by atoms with E-state index in [4.69, 9.17) is 0 Å². The number of benzene rings is 1. The zero-order valence-corrected chi connectivity index (χ0v) is 13.1. The van der Waals surface area contributed by atoms with Crippen molar-refractivity contribution < 1.29 is 14.7 Å². The standard InChI is InChI=1S/C16H24N2O3/c1-5-15(20)17-12-7-6-11(4)13(8-12)18-16(21)9-14(19)10(2)3/h6-8,10,14,19H,5,9H2,1-4H3,(H,17,20)(H,18,21). The number of carbonyl (C=O) groups is 2. The van der Waals surface area contributed by atoms with Gasteiger partial charge < -0.3 is 15.7 Å². The molecular formula is C16H24N2O3. The highest BCUT2D eigenvalue weighted by atomic mass is 16.3. The van der Waals surface area contributed by atoms with Crippen LogP contribution in [0.1, 0.15) is 39.2 Å². The molecule has 5 nitrogen and oxygen atoms in total. The van der Waals surface area contributed by atoms with Gasteiger partial charge in [0.25, 0.3) is 0 Å². The zero-order chi connectivity index (χ0) is 16.0. The monoisotopic (exact) mass is 292 g/mol. The molecule has 0 saturated heterocycles. The van der Waals surface area contributed by atoms with E-state index in [9.17, 15) is 14.7 Å². The third-order valence-electron chi connectivity index (χ3n) is 3.28. The van der Waals surface area contributed by atoms with Gasteiger partial charge in [0, 0.05) is 17.8 Å². The Morgan fingerprint density at radius 3 is 2.43 bits per heavy atom. The lowest BCUT2D eigenvalue weighted by molar-refractivity contribution is -0.118. The second-order valence-corrected chi connectivity index (χ2v) is 5.50. The molecule has 116 valence electrons. The minimum atomic E-state index is -0.659. The van der Waals surface area contributed by atoms with Crippen molar-refractivity contribution in [3.63, 3.8) is 0 Å². The van der Waals surface area contributed by atoms with Gasteiger partial charge in [-0.3, -0.25) is 9.59 Å². The average Bonchev–Trinajstić information content (AvgIpc) is 2.42. The molecule has 0 radical (unpaired) electrons. The maximum absolute atomic E-state index is 11.9. The van der Waals surface area contributed by atoms with Crippen molar-refractivity contribution in [2.75, 3.05) is 10.6 Å². The predicted molar refractivity (Wildman–Crippen MR) is 84.2 cm³/mol. The van der Waals surface area contributed by atoms with Gasteiger partial charge in [-0.05, 0) is 30.5 Å². The van der Waals surface area contributed by atoms with Crippen molar-refractivity contribution in [1.29, 1.82) is 0 Å². The van der Waals surface area contributed by atoms with Gasteiger partial charge >= 0.3 is 0 Å². The predicted octanol–water partition coefficient (Wildman–Crippen LogP) is 2.69. The summed E-state index contributed by atoms with van der Waals surface area (Å²) in [7, 11) is 0. The van der Waals surface area contributed by atoms with Crippen LogP contribution in [0.25, 0.3) is 0 Å². The molecule has 21 heavy (non-hydrogen) atoms. The summed E-state index contributed by atoms with van der Waals surface area (Å²) < 4.78 is 0. The van der Waals surface area contributed by atoms with E-state index >= 15 is 0 Å². The summed E-state index contributed by atoms with van der Waals surface area (Å²) in [5.74, 6) is -0.281. The van der Waals surface area contributed by atoms with E-state index in [2.05, 4.69) is 10.6 Å². The zero-order valence-electron chi connectivity index (χ0n) is 13.1. The molecular weight excluding hydrogens is 268 g/mol. The number of amides is 2. The molecule has 0 aromatic heterocycles. The van der Waals surface area contributed by atoms with Gasteiger partial charge in [0.05, 0.1) is 12.5 Å². The number of aliphatic hydroxyl groups is 1. The molecule has 3 N–H and O–H groups in total. The van der Waals surface area contributed by atoms with E-state index in [-0.39, 0.29) is 24.2 Å². The van der Waals surface area contributed by atoms with E-state index in [0.717, 1.165) is 5.56 Å². The van der Waals surface area contributed by atoms with Crippen LogP contribution in [0.15, 0.2) is 18.2 Å². The van der Waals surface area contributed by atoms with E-state index in [1.165, 1.54) is 0 Å². The molecule has 1 atom stereocenters. The van der Waals surface area contributed by atoms with Crippen molar-refractivity contribution in [3.05, 3.63) is 23.8 Å². The Labute approximate surface area is 125 Å². The van der Waals surface area contributed by atoms with Crippen LogP contribution >= 0.6 is 0 Å². The van der Waals surface area contributed by atoms with Gasteiger partial charge in [-0.15, -0.1) is 0 Å². The van der Waals surface area contributed by atoms with Crippen LogP contribution in [0.2, 0.25) is 0 Å². The van der Waals surface area contributed by atoms with Crippen LogP contribution in [-0.2, 0) is 9.59 Å². The van der Waals surface area contributed by atoms with Crippen LogP contribution in [0.5, 0.6) is 0 Å². The molecule has 1 aromatic carbocycles. The second-order valence-electron chi connectivity index (χ2n) is 5.50. The molecule has 0 spiro atoms. The molecule has 0 saturated carbocycles. The Morgan fingerprint density at radius 2 is 1.86 bits per heavy atom. The molecule has 5 heteroatoms. The van der Waals surface area contributed by atoms with E-state index in [0.29, 0.717) is 17.8 Å². The minimum absolute atomic E-state index is 0.0343. The number of aryl methyl sites for hydroxylation is 1. The normalized spacial score (nSPS) is 12.1. The third-order valence-corrected chi connectivity index (χ3v) is 3.28. The van der Waals surface area contributed by atoms with Crippen LogP contribution in [0, 0.1) is 12.8 Å². The Balaban J connectivity index is 2.75. The first-order chi connectivity index (χ1) is 9.83. The first-order valence-electron chi connectivity index (χ1n) is 7.21. The summed E-state index contributed by atoms with van der Waals surface area (Å²) in [6.45, 7) is 7.38. The summed E-state index contributed by atoms with van der Waals surface area (Å²) in [6, 6.07) is 5.35. The van der Waals surface area contributed by atoms with Crippen LogP contribution in [0.4, 0.5) is 11.4 Å². The van der Waals surface area contributed by atoms with Gasteiger partial charge in [0.1, 0.15) is 0 Å². The van der Waals surface area contributed by atoms with Crippen molar-refractivity contribution in [1.82, 2.24) is 0 Å². The number of aliphatic hydroxyl groups excluding tert-OH is 1. The van der Waals surface area contributed by atoms with Crippen molar-refractivity contribution >= 4 is 23.2 Å². The molecule has 0 bridgehead atoms. The van der Waals surface area contributed by atoms with Crippen LogP contribution < -0.4 is 10.6 Å². The third kappa shape index (κ3) is 5.55. The smallest absolute Gasteiger partial charge is 0.226 e. The number of anilines is 2. The Kier molecular flexibility index (Phi) is 6.37. The van der Waals surface area contributed by atoms with E-state index in [1.807, 2.05) is 26.8 Å². The number of nitrogens with one attached hydrogen (secondary N) is 2. The molecule has 1 aromatic rings. The van der Waals surface area contributed by atoms with Gasteiger partial charge in [-0.1, -0.05) is 26.8 Å².